The first-order chi connectivity index (χ1) is 7.29. The Labute approximate surface area is 98.7 Å². The third kappa shape index (κ3) is 1.42. The molecule has 2 heteroatoms. The summed E-state index contributed by atoms with van der Waals surface area (Å²) in [5, 5.41) is 0. The van der Waals surface area contributed by atoms with Crippen molar-refractivity contribution in [2.75, 3.05) is 0 Å². The molecule has 0 saturated heterocycles. The van der Waals surface area contributed by atoms with Crippen LogP contribution in [-0.4, -0.2) is 12.1 Å². The number of hydrogen-bond donors (Lipinski definition) is 0. The zero-order valence-electron chi connectivity index (χ0n) is 11.2. The lowest BCUT2D eigenvalue weighted by Gasteiger charge is -2.38. The topological polar surface area (TPSA) is 26.3 Å². The van der Waals surface area contributed by atoms with Gasteiger partial charge in [-0.1, -0.05) is 34.6 Å². The lowest BCUT2D eigenvalue weighted by atomic mass is 9.70. The van der Waals surface area contributed by atoms with Gasteiger partial charge in [0.15, 0.2) is 0 Å². The molecule has 0 aromatic rings. The minimum atomic E-state index is -0.0328. The van der Waals surface area contributed by atoms with Gasteiger partial charge in [-0.2, -0.15) is 0 Å². The summed E-state index contributed by atoms with van der Waals surface area (Å²) in [6, 6.07) is 0. The average Bonchev–Trinajstić information content (AvgIpc) is 2.50. The van der Waals surface area contributed by atoms with Gasteiger partial charge in [-0.25, -0.2) is 0 Å². The van der Waals surface area contributed by atoms with Gasteiger partial charge < -0.3 is 4.74 Å². The normalized spacial score (nSPS) is 40.4. The van der Waals surface area contributed by atoms with Gasteiger partial charge in [-0.3, -0.25) is 4.79 Å². The Morgan fingerprint density at radius 3 is 2.31 bits per heavy atom. The Hall–Kier alpha value is -0.530. The molecule has 3 atom stereocenters. The molecule has 16 heavy (non-hydrogen) atoms. The Balaban J connectivity index is 2.13. The largest absolute Gasteiger partial charge is 0.462 e. The molecule has 0 amide bonds. The van der Waals surface area contributed by atoms with E-state index in [0.29, 0.717) is 5.41 Å². The molecule has 2 aliphatic carbocycles. The average molecular weight is 224 g/mol. The third-order valence-electron chi connectivity index (χ3n) is 5.44. The molecule has 2 unspecified atom stereocenters. The lowest BCUT2D eigenvalue weighted by molar-refractivity contribution is -0.160. The van der Waals surface area contributed by atoms with E-state index in [1.165, 1.54) is 12.8 Å². The van der Waals surface area contributed by atoms with Gasteiger partial charge in [0.05, 0.1) is 5.92 Å². The van der Waals surface area contributed by atoms with Gasteiger partial charge in [0, 0.05) is 5.41 Å². The van der Waals surface area contributed by atoms with E-state index in [4.69, 9.17) is 4.74 Å². The SMILES string of the molecule is CC(C)C(=O)OC1CC2CC[C@@]1(C)C2(C)C. The predicted molar refractivity (Wildman–Crippen MR) is 63.9 cm³/mol. The molecule has 2 saturated carbocycles. The molecule has 0 N–H and O–H groups in total. The van der Waals surface area contributed by atoms with Crippen molar-refractivity contribution in [3.05, 3.63) is 0 Å². The fourth-order valence-corrected chi connectivity index (χ4v) is 3.58. The number of hydrogen-bond acceptors (Lipinski definition) is 2. The van der Waals surface area contributed by atoms with E-state index >= 15 is 0 Å². The van der Waals surface area contributed by atoms with Crippen molar-refractivity contribution in [3.8, 4) is 0 Å². The smallest absolute Gasteiger partial charge is 0.308 e. The highest BCUT2D eigenvalue weighted by Gasteiger charge is 2.62. The third-order valence-corrected chi connectivity index (χ3v) is 5.44. The fourth-order valence-electron chi connectivity index (χ4n) is 3.58. The van der Waals surface area contributed by atoms with Crippen LogP contribution in [0.2, 0.25) is 0 Å². The van der Waals surface area contributed by atoms with Crippen molar-refractivity contribution >= 4 is 5.97 Å². The van der Waals surface area contributed by atoms with Crippen LogP contribution in [-0.2, 0) is 9.53 Å². The molecule has 2 bridgehead atoms. The summed E-state index contributed by atoms with van der Waals surface area (Å²) >= 11 is 0. The number of esters is 1. The van der Waals surface area contributed by atoms with Crippen LogP contribution in [0.4, 0.5) is 0 Å². The van der Waals surface area contributed by atoms with Gasteiger partial charge in [-0.05, 0) is 30.6 Å². The summed E-state index contributed by atoms with van der Waals surface area (Å²) in [5.41, 5.74) is 0.525. The number of rotatable bonds is 2. The van der Waals surface area contributed by atoms with Crippen molar-refractivity contribution in [2.45, 2.75) is 60.0 Å². The molecular weight excluding hydrogens is 200 g/mol. The molecule has 0 aromatic heterocycles. The summed E-state index contributed by atoms with van der Waals surface area (Å²) < 4.78 is 5.71. The minimum Gasteiger partial charge on any atom is -0.462 e. The molecule has 0 aliphatic heterocycles. The highest BCUT2D eigenvalue weighted by Crippen LogP contribution is 2.66. The van der Waals surface area contributed by atoms with Crippen LogP contribution in [0.25, 0.3) is 0 Å². The summed E-state index contributed by atoms with van der Waals surface area (Å²) in [6.07, 6.45) is 3.73. The number of fused-ring (bicyclic) bond motifs is 2. The van der Waals surface area contributed by atoms with Crippen LogP contribution in [0.1, 0.15) is 53.9 Å². The van der Waals surface area contributed by atoms with Crippen LogP contribution >= 0.6 is 0 Å². The maximum absolute atomic E-state index is 11.7. The van der Waals surface area contributed by atoms with Gasteiger partial charge >= 0.3 is 5.97 Å². The summed E-state index contributed by atoms with van der Waals surface area (Å²) in [4.78, 5) is 11.7. The second-order valence-corrected chi connectivity index (χ2v) is 6.69. The summed E-state index contributed by atoms with van der Waals surface area (Å²) in [5.74, 6) is 0.697. The van der Waals surface area contributed by atoms with Gasteiger partial charge in [0.2, 0.25) is 0 Å². The molecule has 0 heterocycles. The van der Waals surface area contributed by atoms with Crippen molar-refractivity contribution in [2.24, 2.45) is 22.7 Å². The predicted octanol–water partition coefficient (Wildman–Crippen LogP) is 3.40. The molecule has 92 valence electrons. The van der Waals surface area contributed by atoms with E-state index in [0.717, 1.165) is 12.3 Å². The van der Waals surface area contributed by atoms with E-state index < -0.39 is 0 Å². The number of carbonyl (C=O) groups excluding carboxylic acids is 1. The highest BCUT2D eigenvalue weighted by molar-refractivity contribution is 5.71. The monoisotopic (exact) mass is 224 g/mol. The van der Waals surface area contributed by atoms with Gasteiger partial charge in [0.1, 0.15) is 6.10 Å². The van der Waals surface area contributed by atoms with E-state index in [1.807, 2.05) is 13.8 Å². The Bertz CT molecular complexity index is 306. The van der Waals surface area contributed by atoms with Crippen LogP contribution < -0.4 is 0 Å². The molecule has 0 aromatic carbocycles. The number of carbonyl (C=O) groups is 1. The second kappa shape index (κ2) is 3.48. The molecular formula is C14H24O2. The van der Waals surface area contributed by atoms with Gasteiger partial charge in [0.25, 0.3) is 0 Å². The van der Waals surface area contributed by atoms with Crippen LogP contribution in [0.3, 0.4) is 0 Å². The van der Waals surface area contributed by atoms with Crippen molar-refractivity contribution in [3.63, 3.8) is 0 Å². The van der Waals surface area contributed by atoms with Crippen LogP contribution in [0.15, 0.2) is 0 Å². The maximum atomic E-state index is 11.7. The van der Waals surface area contributed by atoms with Crippen molar-refractivity contribution in [1.29, 1.82) is 0 Å². The zero-order valence-corrected chi connectivity index (χ0v) is 11.2. The second-order valence-electron chi connectivity index (χ2n) is 6.69. The van der Waals surface area contributed by atoms with Crippen molar-refractivity contribution in [1.82, 2.24) is 0 Å². The van der Waals surface area contributed by atoms with Crippen molar-refractivity contribution < 1.29 is 9.53 Å². The van der Waals surface area contributed by atoms with Crippen LogP contribution in [0, 0.1) is 22.7 Å². The fraction of sp³-hybridized carbons (Fsp3) is 0.929. The quantitative estimate of drug-likeness (QED) is 0.672. The first kappa shape index (κ1) is 11.9. The molecule has 2 rings (SSSR count). The van der Waals surface area contributed by atoms with E-state index in [1.54, 1.807) is 0 Å². The Morgan fingerprint density at radius 1 is 1.31 bits per heavy atom. The van der Waals surface area contributed by atoms with Gasteiger partial charge in [-0.15, -0.1) is 0 Å². The summed E-state index contributed by atoms with van der Waals surface area (Å²) in [6.45, 7) is 10.8. The first-order valence-corrected chi connectivity index (χ1v) is 6.49. The maximum Gasteiger partial charge on any atom is 0.308 e. The first-order valence-electron chi connectivity index (χ1n) is 6.49. The molecule has 2 aliphatic rings. The Kier molecular flexibility index (Phi) is 2.60. The van der Waals surface area contributed by atoms with E-state index in [-0.39, 0.29) is 23.4 Å². The lowest BCUT2D eigenvalue weighted by Crippen LogP contribution is -2.39. The van der Waals surface area contributed by atoms with E-state index in [2.05, 4.69) is 20.8 Å². The molecule has 0 radical (unpaired) electrons. The summed E-state index contributed by atoms with van der Waals surface area (Å²) in [7, 11) is 0. The zero-order chi connectivity index (χ0) is 12.1. The highest BCUT2D eigenvalue weighted by atomic mass is 16.5. The minimum absolute atomic E-state index is 0.00848. The molecule has 0 spiro atoms. The van der Waals surface area contributed by atoms with E-state index in [9.17, 15) is 4.79 Å². The number of ether oxygens (including phenoxy) is 1. The molecule has 2 nitrogen and oxygen atoms in total. The standard InChI is InChI=1S/C14H24O2/c1-9(2)12(15)16-11-8-10-6-7-14(11,5)13(10,3)4/h9-11H,6-8H2,1-5H3/t10?,11?,14-/m1/s1. The van der Waals surface area contributed by atoms with Crippen LogP contribution in [0.5, 0.6) is 0 Å². The molecule has 2 fully saturated rings. The Morgan fingerprint density at radius 2 is 1.94 bits per heavy atom.